The van der Waals surface area contributed by atoms with Crippen LogP contribution < -0.4 is 25.0 Å². The number of fused-ring (bicyclic) bond motifs is 2. The van der Waals surface area contributed by atoms with Gasteiger partial charge in [-0.05, 0) is 37.3 Å². The highest BCUT2D eigenvalue weighted by atomic mass is 16.5. The minimum Gasteiger partial charge on any atom is -0.482 e. The van der Waals surface area contributed by atoms with Crippen molar-refractivity contribution in [3.05, 3.63) is 42.5 Å². The number of nitrogens with one attached hydrogen (secondary N) is 2. The fraction of sp³-hybridized carbons (Fsp3) is 0.211. The highest BCUT2D eigenvalue weighted by Gasteiger charge is 2.27. The van der Waals surface area contributed by atoms with Gasteiger partial charge in [-0.2, -0.15) is 0 Å². The first-order valence-corrected chi connectivity index (χ1v) is 8.45. The number of hydrogen-bond acceptors (Lipinski definition) is 5. The van der Waals surface area contributed by atoms with Gasteiger partial charge in [-0.3, -0.25) is 19.3 Å². The summed E-state index contributed by atoms with van der Waals surface area (Å²) >= 11 is 0. The average molecular weight is 367 g/mol. The molecule has 0 saturated carbocycles. The van der Waals surface area contributed by atoms with Crippen molar-refractivity contribution in [3.63, 3.8) is 0 Å². The lowest BCUT2D eigenvalue weighted by Gasteiger charge is -2.28. The topological polar surface area (TPSA) is 97.0 Å². The van der Waals surface area contributed by atoms with Crippen LogP contribution in [0.5, 0.6) is 11.5 Å². The molecule has 1 unspecified atom stereocenters. The predicted octanol–water partition coefficient (Wildman–Crippen LogP) is 1.77. The van der Waals surface area contributed by atoms with Crippen LogP contribution in [0.2, 0.25) is 0 Å². The lowest BCUT2D eigenvalue weighted by atomic mass is 10.2. The van der Waals surface area contributed by atoms with Crippen LogP contribution in [0.3, 0.4) is 0 Å². The van der Waals surface area contributed by atoms with Crippen LogP contribution >= 0.6 is 0 Å². The summed E-state index contributed by atoms with van der Waals surface area (Å²) in [5.74, 6) is 0.201. The Morgan fingerprint density at radius 1 is 1.22 bits per heavy atom. The molecule has 2 N–H and O–H groups in total. The highest BCUT2D eigenvalue weighted by molar-refractivity contribution is 6.05. The number of hydrogen-bond donors (Lipinski definition) is 2. The number of anilines is 3. The van der Waals surface area contributed by atoms with Gasteiger partial charge < -0.3 is 20.1 Å². The molecule has 0 spiro atoms. The van der Waals surface area contributed by atoms with Crippen molar-refractivity contribution in [2.75, 3.05) is 28.7 Å². The monoisotopic (exact) mass is 367 g/mol. The number of nitrogens with zero attached hydrogens (tertiary/aromatic N) is 1. The van der Waals surface area contributed by atoms with Crippen molar-refractivity contribution in [2.45, 2.75) is 13.0 Å². The first-order chi connectivity index (χ1) is 13.0. The third-order valence-electron chi connectivity index (χ3n) is 4.30. The van der Waals surface area contributed by atoms with E-state index in [9.17, 15) is 14.4 Å². The molecule has 2 aromatic rings. The molecular weight excluding hydrogens is 350 g/mol. The fourth-order valence-electron chi connectivity index (χ4n) is 2.96. The zero-order valence-electron chi connectivity index (χ0n) is 14.5. The normalized spacial score (nSPS) is 17.8. The zero-order valence-corrected chi connectivity index (χ0v) is 14.5. The lowest BCUT2D eigenvalue weighted by Crippen LogP contribution is -2.43. The van der Waals surface area contributed by atoms with E-state index in [0.717, 1.165) is 0 Å². The minimum absolute atomic E-state index is 0.106. The zero-order chi connectivity index (χ0) is 19.0. The van der Waals surface area contributed by atoms with E-state index in [-0.39, 0.29) is 30.9 Å². The molecule has 0 bridgehead atoms. The lowest BCUT2D eigenvalue weighted by molar-refractivity contribution is -0.123. The van der Waals surface area contributed by atoms with Gasteiger partial charge in [0.15, 0.2) is 12.7 Å². The van der Waals surface area contributed by atoms with Crippen molar-refractivity contribution in [3.8, 4) is 11.5 Å². The molecule has 1 atom stereocenters. The molecule has 2 aromatic carbocycles. The van der Waals surface area contributed by atoms with E-state index in [2.05, 4.69) is 10.6 Å². The van der Waals surface area contributed by atoms with Crippen molar-refractivity contribution < 1.29 is 23.9 Å². The van der Waals surface area contributed by atoms with E-state index >= 15 is 0 Å². The van der Waals surface area contributed by atoms with Crippen LogP contribution in [-0.2, 0) is 14.4 Å². The van der Waals surface area contributed by atoms with Crippen molar-refractivity contribution >= 4 is 34.8 Å². The molecule has 8 heteroatoms. The van der Waals surface area contributed by atoms with Crippen molar-refractivity contribution in [2.24, 2.45) is 0 Å². The average Bonchev–Trinajstić information content (AvgIpc) is 2.65. The van der Waals surface area contributed by atoms with Gasteiger partial charge in [-0.15, -0.1) is 0 Å². The molecule has 2 aliphatic rings. The Morgan fingerprint density at radius 3 is 2.89 bits per heavy atom. The van der Waals surface area contributed by atoms with E-state index in [0.29, 0.717) is 28.6 Å². The molecule has 3 amide bonds. The number of benzene rings is 2. The summed E-state index contributed by atoms with van der Waals surface area (Å²) in [4.78, 5) is 37.7. The number of carbonyl (C=O) groups is 3. The van der Waals surface area contributed by atoms with Gasteiger partial charge in [0.1, 0.15) is 18.0 Å². The summed E-state index contributed by atoms with van der Waals surface area (Å²) in [6.07, 6.45) is -0.564. The van der Waals surface area contributed by atoms with Gasteiger partial charge in [0.25, 0.3) is 11.8 Å². The minimum atomic E-state index is -0.564. The van der Waals surface area contributed by atoms with Crippen LogP contribution in [0.25, 0.3) is 0 Å². The number of carbonyl (C=O) groups excluding carboxylic acids is 3. The molecule has 0 aromatic heterocycles. The van der Waals surface area contributed by atoms with E-state index in [1.807, 2.05) is 0 Å². The highest BCUT2D eigenvalue weighted by Crippen LogP contribution is 2.33. The Hall–Kier alpha value is -3.55. The standard InChI is InChI=1S/C19H17N3O5/c1-11-19(25)21-13-8-12(6-7-15(13)27-11)20-17(23)9-22-14-4-2-3-5-16(14)26-10-18(22)24/h2-8,11H,9-10H2,1H3,(H,20,23)(H,21,25). The summed E-state index contributed by atoms with van der Waals surface area (Å²) in [6.45, 7) is 1.41. The van der Waals surface area contributed by atoms with Gasteiger partial charge in [-0.1, -0.05) is 12.1 Å². The molecular formula is C19H17N3O5. The first-order valence-electron chi connectivity index (χ1n) is 8.45. The number of amides is 3. The van der Waals surface area contributed by atoms with Gasteiger partial charge in [0.2, 0.25) is 5.91 Å². The quantitative estimate of drug-likeness (QED) is 0.862. The molecule has 0 saturated heterocycles. The van der Waals surface area contributed by atoms with Crippen molar-refractivity contribution in [1.82, 2.24) is 0 Å². The molecule has 2 aliphatic heterocycles. The molecule has 4 rings (SSSR count). The van der Waals surface area contributed by atoms with Gasteiger partial charge in [0.05, 0.1) is 11.4 Å². The van der Waals surface area contributed by atoms with Crippen LogP contribution in [0, 0.1) is 0 Å². The third kappa shape index (κ3) is 3.29. The van der Waals surface area contributed by atoms with Crippen LogP contribution in [-0.4, -0.2) is 37.0 Å². The molecule has 138 valence electrons. The van der Waals surface area contributed by atoms with Gasteiger partial charge >= 0.3 is 0 Å². The largest absolute Gasteiger partial charge is 0.482 e. The predicted molar refractivity (Wildman–Crippen MR) is 98.1 cm³/mol. The summed E-state index contributed by atoms with van der Waals surface area (Å²) in [5, 5.41) is 5.46. The van der Waals surface area contributed by atoms with Crippen molar-refractivity contribution in [1.29, 1.82) is 0 Å². The van der Waals surface area contributed by atoms with Crippen LogP contribution in [0.1, 0.15) is 6.92 Å². The second kappa shape index (κ2) is 6.64. The maximum Gasteiger partial charge on any atom is 0.265 e. The molecule has 27 heavy (non-hydrogen) atoms. The molecule has 0 aliphatic carbocycles. The molecule has 0 fully saturated rings. The first kappa shape index (κ1) is 16.9. The number of ether oxygens (including phenoxy) is 2. The van der Waals surface area contributed by atoms with E-state index in [4.69, 9.17) is 9.47 Å². The summed E-state index contributed by atoms with van der Waals surface area (Å²) in [5.41, 5.74) is 1.54. The van der Waals surface area contributed by atoms with Gasteiger partial charge in [-0.25, -0.2) is 0 Å². The third-order valence-corrected chi connectivity index (χ3v) is 4.30. The molecule has 8 nitrogen and oxygen atoms in total. The Morgan fingerprint density at radius 2 is 2.04 bits per heavy atom. The second-order valence-corrected chi connectivity index (χ2v) is 6.24. The molecule has 0 radical (unpaired) electrons. The van der Waals surface area contributed by atoms with Gasteiger partial charge in [0, 0.05) is 5.69 Å². The Bertz CT molecular complexity index is 943. The summed E-state index contributed by atoms with van der Waals surface area (Å²) in [6, 6.07) is 12.0. The molecule has 2 heterocycles. The maximum atomic E-state index is 12.5. The maximum absolute atomic E-state index is 12.5. The fourth-order valence-corrected chi connectivity index (χ4v) is 2.96. The SMILES string of the molecule is CC1Oc2ccc(NC(=O)CN3C(=O)COc4ccccc43)cc2NC1=O. The second-order valence-electron chi connectivity index (χ2n) is 6.24. The van der Waals surface area contributed by atoms with E-state index < -0.39 is 6.10 Å². The van der Waals surface area contributed by atoms with E-state index in [1.165, 1.54) is 4.90 Å². The Balaban J connectivity index is 1.48. The smallest absolute Gasteiger partial charge is 0.265 e. The number of para-hydroxylation sites is 2. The van der Waals surface area contributed by atoms with Crippen LogP contribution in [0.15, 0.2) is 42.5 Å². The van der Waals surface area contributed by atoms with E-state index in [1.54, 1.807) is 49.4 Å². The summed E-state index contributed by atoms with van der Waals surface area (Å²) < 4.78 is 10.9. The van der Waals surface area contributed by atoms with Crippen LogP contribution in [0.4, 0.5) is 17.1 Å². The Kier molecular flexibility index (Phi) is 4.15. The summed E-state index contributed by atoms with van der Waals surface area (Å²) in [7, 11) is 0. The Labute approximate surface area is 155 Å². The number of rotatable bonds is 3.